The first-order valence-electron chi connectivity index (χ1n) is 12.9. The lowest BCUT2D eigenvalue weighted by atomic mass is 9.77. The van der Waals surface area contributed by atoms with Crippen LogP contribution >= 0.6 is 0 Å². The largest absolute Gasteiger partial charge is 0.497 e. The van der Waals surface area contributed by atoms with Crippen molar-refractivity contribution in [2.45, 2.75) is 30.9 Å². The number of aliphatic hydroxyl groups excluding tert-OH is 2. The summed E-state index contributed by atoms with van der Waals surface area (Å²) in [4.78, 5) is 17.7. The molecule has 1 aliphatic heterocycles. The minimum atomic E-state index is -1.46. The third-order valence-electron chi connectivity index (χ3n) is 7.54. The first-order chi connectivity index (χ1) is 19.4. The van der Waals surface area contributed by atoms with Gasteiger partial charge in [0.25, 0.3) is 0 Å². The Morgan fingerprint density at radius 2 is 1.60 bits per heavy atom. The number of anilines is 1. The third-order valence-corrected chi connectivity index (χ3v) is 7.54. The van der Waals surface area contributed by atoms with Gasteiger partial charge in [-0.05, 0) is 41.8 Å². The van der Waals surface area contributed by atoms with Gasteiger partial charge < -0.3 is 25.0 Å². The van der Waals surface area contributed by atoms with Crippen LogP contribution in [0.3, 0.4) is 0 Å². The van der Waals surface area contributed by atoms with E-state index in [0.29, 0.717) is 11.6 Å². The molecule has 5 rings (SSSR count). The molecule has 0 unspecified atom stereocenters. The summed E-state index contributed by atoms with van der Waals surface area (Å²) in [5, 5.41) is 33.6. The number of benzene rings is 3. The minimum absolute atomic E-state index is 0.292. The fourth-order valence-corrected chi connectivity index (χ4v) is 5.32. The summed E-state index contributed by atoms with van der Waals surface area (Å²) in [6.45, 7) is 1.01. The molecule has 2 heterocycles. The van der Waals surface area contributed by atoms with Gasteiger partial charge in [-0.25, -0.2) is 4.79 Å². The number of methoxy groups -OCH3 is 1. The maximum atomic E-state index is 13.4. The van der Waals surface area contributed by atoms with Crippen molar-refractivity contribution in [1.82, 2.24) is 9.55 Å². The van der Waals surface area contributed by atoms with Crippen LogP contribution in [0.1, 0.15) is 29.8 Å². The Labute approximate surface area is 231 Å². The molecule has 0 amide bonds. The molecule has 4 atom stereocenters. The topological polar surface area (TPSA) is 130 Å². The quantitative estimate of drug-likeness (QED) is 0.291. The van der Waals surface area contributed by atoms with Crippen LogP contribution in [0.4, 0.5) is 5.82 Å². The second-order valence-electron chi connectivity index (χ2n) is 9.89. The van der Waals surface area contributed by atoms with Crippen LogP contribution in [0.15, 0.2) is 102 Å². The molecule has 4 aromatic rings. The summed E-state index contributed by atoms with van der Waals surface area (Å²) < 4.78 is 12.3. The van der Waals surface area contributed by atoms with Crippen LogP contribution in [0.25, 0.3) is 0 Å². The van der Waals surface area contributed by atoms with Crippen molar-refractivity contribution in [2.24, 2.45) is 5.41 Å². The fraction of sp³-hybridized carbons (Fsp3) is 0.258. The Morgan fingerprint density at radius 1 is 1.02 bits per heavy atom. The summed E-state index contributed by atoms with van der Waals surface area (Å²) in [7, 11) is 1.61. The number of nitrogens with one attached hydrogen (secondary N) is 1. The van der Waals surface area contributed by atoms with Crippen LogP contribution in [-0.2, 0) is 10.3 Å². The molecule has 1 fully saturated rings. The molecule has 9 heteroatoms. The van der Waals surface area contributed by atoms with E-state index in [2.05, 4.69) is 16.4 Å². The zero-order chi connectivity index (χ0) is 28.3. The van der Waals surface area contributed by atoms with Crippen LogP contribution in [0, 0.1) is 16.7 Å². The molecule has 40 heavy (non-hydrogen) atoms. The molecule has 0 aliphatic carbocycles. The van der Waals surface area contributed by atoms with E-state index in [9.17, 15) is 20.3 Å². The van der Waals surface area contributed by atoms with E-state index in [-0.39, 0.29) is 0 Å². The molecule has 1 aliphatic rings. The van der Waals surface area contributed by atoms with E-state index in [1.165, 1.54) is 17.7 Å². The highest BCUT2D eigenvalue weighted by molar-refractivity contribution is 5.58. The van der Waals surface area contributed by atoms with Crippen LogP contribution in [0.5, 0.6) is 5.75 Å². The highest BCUT2D eigenvalue weighted by Crippen LogP contribution is 2.44. The normalized spacial score (nSPS) is 22.4. The number of aliphatic hydroxyl groups is 2. The van der Waals surface area contributed by atoms with Gasteiger partial charge >= 0.3 is 5.69 Å². The maximum Gasteiger partial charge on any atom is 0.351 e. The number of ether oxygens (including phenoxy) is 2. The SMILES string of the molecule is COc1ccc(C(Nc2ccn([C@@H]3O[C@H](CO)[C@@H](O)[C@@]3(C)C#N)c(=O)n2)(c2ccccc2)c2ccccc2)cc1. The molecule has 0 saturated carbocycles. The van der Waals surface area contributed by atoms with Crippen molar-refractivity contribution >= 4 is 5.82 Å². The first-order valence-corrected chi connectivity index (χ1v) is 12.9. The Morgan fingerprint density at radius 3 is 2.10 bits per heavy atom. The van der Waals surface area contributed by atoms with Gasteiger partial charge in [0, 0.05) is 6.20 Å². The highest BCUT2D eigenvalue weighted by atomic mass is 16.5. The Hall–Kier alpha value is -4.49. The van der Waals surface area contributed by atoms with Crippen molar-refractivity contribution in [3.05, 3.63) is 124 Å². The van der Waals surface area contributed by atoms with Gasteiger partial charge in [0.2, 0.25) is 0 Å². The molecular formula is C31H30N4O5. The molecule has 0 spiro atoms. The van der Waals surface area contributed by atoms with E-state index < -0.39 is 41.7 Å². The number of aromatic nitrogens is 2. The Balaban J connectivity index is 1.64. The van der Waals surface area contributed by atoms with E-state index in [1.54, 1.807) is 13.2 Å². The van der Waals surface area contributed by atoms with Gasteiger partial charge in [0.1, 0.15) is 34.7 Å². The predicted molar refractivity (Wildman–Crippen MR) is 149 cm³/mol. The van der Waals surface area contributed by atoms with Crippen molar-refractivity contribution in [2.75, 3.05) is 19.0 Å². The minimum Gasteiger partial charge on any atom is -0.497 e. The number of nitrogens with zero attached hydrogens (tertiary/aromatic N) is 3. The number of hydrogen-bond acceptors (Lipinski definition) is 8. The van der Waals surface area contributed by atoms with Gasteiger partial charge in [-0.2, -0.15) is 10.2 Å². The molecule has 1 aromatic heterocycles. The number of nitriles is 1. The lowest BCUT2D eigenvalue weighted by molar-refractivity contribution is -0.0503. The summed E-state index contributed by atoms with van der Waals surface area (Å²) in [5.74, 6) is 1.00. The molecular weight excluding hydrogens is 508 g/mol. The second kappa shape index (κ2) is 10.9. The first kappa shape index (κ1) is 27.1. The van der Waals surface area contributed by atoms with Gasteiger partial charge in [-0.1, -0.05) is 72.8 Å². The Kier molecular flexibility index (Phi) is 7.41. The van der Waals surface area contributed by atoms with E-state index in [0.717, 1.165) is 16.7 Å². The fourth-order valence-electron chi connectivity index (χ4n) is 5.32. The predicted octanol–water partition coefficient (Wildman–Crippen LogP) is 3.44. The van der Waals surface area contributed by atoms with Crippen molar-refractivity contribution in [1.29, 1.82) is 5.26 Å². The van der Waals surface area contributed by atoms with Crippen molar-refractivity contribution < 1.29 is 19.7 Å². The van der Waals surface area contributed by atoms with Crippen LogP contribution in [0.2, 0.25) is 0 Å². The molecule has 3 aromatic carbocycles. The number of rotatable bonds is 8. The second-order valence-corrected chi connectivity index (χ2v) is 9.89. The van der Waals surface area contributed by atoms with Crippen LogP contribution in [-0.4, -0.2) is 45.7 Å². The molecule has 0 radical (unpaired) electrons. The van der Waals surface area contributed by atoms with E-state index in [4.69, 9.17) is 9.47 Å². The lowest BCUT2D eigenvalue weighted by Crippen LogP contribution is -2.41. The molecule has 1 saturated heterocycles. The zero-order valence-electron chi connectivity index (χ0n) is 22.1. The van der Waals surface area contributed by atoms with Crippen molar-refractivity contribution in [3.8, 4) is 11.8 Å². The van der Waals surface area contributed by atoms with Gasteiger partial charge in [0.15, 0.2) is 6.23 Å². The van der Waals surface area contributed by atoms with Gasteiger partial charge in [-0.15, -0.1) is 0 Å². The number of hydrogen-bond donors (Lipinski definition) is 3. The molecule has 9 nitrogen and oxygen atoms in total. The third kappa shape index (κ3) is 4.52. The molecule has 3 N–H and O–H groups in total. The van der Waals surface area contributed by atoms with E-state index in [1.807, 2.05) is 84.9 Å². The zero-order valence-corrected chi connectivity index (χ0v) is 22.1. The van der Waals surface area contributed by atoms with Gasteiger partial charge in [0.05, 0.1) is 19.8 Å². The summed E-state index contributed by atoms with van der Waals surface area (Å²) in [5.41, 5.74) is -0.350. The molecule has 204 valence electrons. The highest BCUT2D eigenvalue weighted by Gasteiger charge is 2.54. The van der Waals surface area contributed by atoms with Gasteiger partial charge in [-0.3, -0.25) is 4.57 Å². The van der Waals surface area contributed by atoms with E-state index >= 15 is 0 Å². The Bertz CT molecular complexity index is 1510. The summed E-state index contributed by atoms with van der Waals surface area (Å²) in [6.07, 6.45) is -1.93. The summed E-state index contributed by atoms with van der Waals surface area (Å²) in [6, 6.07) is 31.1. The molecule has 0 bridgehead atoms. The average Bonchev–Trinajstić information content (AvgIpc) is 3.26. The smallest absolute Gasteiger partial charge is 0.351 e. The summed E-state index contributed by atoms with van der Waals surface area (Å²) >= 11 is 0. The maximum absolute atomic E-state index is 13.4. The monoisotopic (exact) mass is 538 g/mol. The standard InChI is InChI=1S/C31H30N4O5/c1-30(20-32)27(37)25(19-36)40-28(30)35-18-17-26(33-29(35)38)34-31(21-9-5-3-6-10-21,22-11-7-4-8-12-22)23-13-15-24(39-2)16-14-23/h3-18,25,27-28,36-37H,19H2,1-2H3,(H,33,34,38)/t25-,27-,28-,30-/m1/s1. The van der Waals surface area contributed by atoms with Crippen LogP contribution < -0.4 is 15.7 Å². The lowest BCUT2D eigenvalue weighted by Gasteiger charge is -2.37. The van der Waals surface area contributed by atoms with Crippen molar-refractivity contribution in [3.63, 3.8) is 0 Å². The average molecular weight is 539 g/mol.